The summed E-state index contributed by atoms with van der Waals surface area (Å²) in [6.45, 7) is 1.62. The van der Waals surface area contributed by atoms with E-state index in [1.165, 1.54) is 7.11 Å². The van der Waals surface area contributed by atoms with Gasteiger partial charge >= 0.3 is 0 Å². The molecular weight excluding hydrogens is 370 g/mol. The number of nitrogens with zero attached hydrogens (tertiary/aromatic N) is 3. The summed E-state index contributed by atoms with van der Waals surface area (Å²) in [6.07, 6.45) is 0.519. The van der Waals surface area contributed by atoms with E-state index in [0.29, 0.717) is 17.0 Å². The first kappa shape index (κ1) is 18.6. The number of fused-ring (bicyclic) bond motifs is 2. The Morgan fingerprint density at radius 2 is 1.83 bits per heavy atom. The predicted octanol–water partition coefficient (Wildman–Crippen LogP) is 3.15. The van der Waals surface area contributed by atoms with Gasteiger partial charge in [0.2, 0.25) is 17.1 Å². The number of nitriles is 3. The molecule has 29 heavy (non-hydrogen) atoms. The molecule has 144 valence electrons. The minimum absolute atomic E-state index is 0.452. The number of rotatable bonds is 3. The number of H-pyrrole nitrogens is 1. The van der Waals surface area contributed by atoms with Gasteiger partial charge in [-0.3, -0.25) is 5.41 Å². The monoisotopic (exact) mass is 387 g/mol. The molecule has 2 fully saturated rings. The number of methoxy groups -OCH3 is 1. The van der Waals surface area contributed by atoms with Crippen molar-refractivity contribution in [2.45, 2.75) is 24.7 Å². The average molecular weight is 387 g/mol. The first-order chi connectivity index (χ1) is 13.9. The highest BCUT2D eigenvalue weighted by Gasteiger charge is 2.80. The van der Waals surface area contributed by atoms with Gasteiger partial charge in [0.1, 0.15) is 11.9 Å². The fraction of sp³-hybridized carbons (Fsp3) is 0.333. The second kappa shape index (κ2) is 6.10. The van der Waals surface area contributed by atoms with Gasteiger partial charge in [-0.2, -0.15) is 15.8 Å². The van der Waals surface area contributed by atoms with E-state index in [1.54, 1.807) is 49.5 Å². The maximum atomic E-state index is 10.4. The molecule has 0 saturated carbocycles. The number of aromatic amines is 1. The molecule has 1 aromatic carbocycles. The Hall–Kier alpha value is -3.80. The van der Waals surface area contributed by atoms with Crippen molar-refractivity contribution >= 4 is 5.90 Å². The van der Waals surface area contributed by atoms with Crippen molar-refractivity contribution in [1.82, 2.24) is 4.98 Å². The van der Waals surface area contributed by atoms with E-state index in [9.17, 15) is 15.8 Å². The molecule has 4 atom stereocenters. The zero-order valence-corrected chi connectivity index (χ0v) is 15.8. The lowest BCUT2D eigenvalue weighted by molar-refractivity contribution is -0.254. The van der Waals surface area contributed by atoms with Gasteiger partial charge in [0, 0.05) is 24.4 Å². The summed E-state index contributed by atoms with van der Waals surface area (Å²) >= 11 is 0. The van der Waals surface area contributed by atoms with E-state index in [0.717, 1.165) is 0 Å². The highest BCUT2D eigenvalue weighted by atomic mass is 16.7. The van der Waals surface area contributed by atoms with Crippen molar-refractivity contribution in [2.75, 3.05) is 7.11 Å². The Kier molecular flexibility index (Phi) is 3.91. The van der Waals surface area contributed by atoms with Crippen LogP contribution in [0.1, 0.15) is 30.2 Å². The summed E-state index contributed by atoms with van der Waals surface area (Å²) in [6, 6.07) is 16.5. The Balaban J connectivity index is 2.07. The Morgan fingerprint density at radius 3 is 2.41 bits per heavy atom. The molecule has 3 heterocycles. The summed E-state index contributed by atoms with van der Waals surface area (Å²) in [5, 5.41) is 39.4. The molecule has 1 aromatic heterocycles. The molecule has 4 unspecified atom stereocenters. The highest BCUT2D eigenvalue weighted by Crippen LogP contribution is 2.69. The molecule has 2 N–H and O–H groups in total. The number of nitrogens with one attached hydrogen (secondary N) is 2. The molecule has 8 nitrogen and oxygen atoms in total. The number of benzene rings is 1. The second-order valence-corrected chi connectivity index (χ2v) is 7.20. The third-order valence-corrected chi connectivity index (χ3v) is 5.87. The molecule has 4 rings (SSSR count). The molecule has 2 aliphatic rings. The van der Waals surface area contributed by atoms with E-state index in [1.807, 2.05) is 12.1 Å². The van der Waals surface area contributed by atoms with Crippen LogP contribution in [0.25, 0.3) is 0 Å². The van der Waals surface area contributed by atoms with E-state index in [2.05, 4.69) is 11.1 Å². The summed E-state index contributed by atoms with van der Waals surface area (Å²) in [5.74, 6) is -2.41. The molecule has 0 spiro atoms. The first-order valence-electron chi connectivity index (χ1n) is 8.90. The van der Waals surface area contributed by atoms with Crippen LogP contribution in [-0.2, 0) is 9.47 Å². The maximum absolute atomic E-state index is 10.4. The van der Waals surface area contributed by atoms with Gasteiger partial charge in [-0.1, -0.05) is 18.2 Å². The van der Waals surface area contributed by atoms with Crippen molar-refractivity contribution in [3.8, 4) is 24.0 Å². The van der Waals surface area contributed by atoms with Crippen LogP contribution in [-0.4, -0.2) is 23.8 Å². The quantitative estimate of drug-likeness (QED) is 0.829. The number of hydrogen-bond acceptors (Lipinski definition) is 7. The number of hydrogen-bond donors (Lipinski definition) is 2. The molecule has 2 aliphatic heterocycles. The van der Waals surface area contributed by atoms with Crippen molar-refractivity contribution < 1.29 is 14.2 Å². The Bertz CT molecular complexity index is 1090. The van der Waals surface area contributed by atoms with E-state index < -0.39 is 34.5 Å². The lowest BCUT2D eigenvalue weighted by Crippen LogP contribution is -2.57. The van der Waals surface area contributed by atoms with E-state index in [4.69, 9.17) is 19.6 Å². The maximum Gasteiger partial charge on any atom is 0.219 e. The van der Waals surface area contributed by atoms with Crippen LogP contribution in [0.3, 0.4) is 0 Å². The first-order valence-corrected chi connectivity index (χ1v) is 8.90. The molecule has 2 bridgehead atoms. The summed E-state index contributed by atoms with van der Waals surface area (Å²) in [4.78, 5) is 2.96. The topological polar surface area (TPSA) is 139 Å². The van der Waals surface area contributed by atoms with Crippen molar-refractivity contribution in [3.63, 3.8) is 0 Å². The fourth-order valence-electron chi connectivity index (χ4n) is 4.64. The molecule has 2 aromatic rings. The lowest BCUT2D eigenvalue weighted by Gasteiger charge is -2.48. The van der Waals surface area contributed by atoms with Crippen LogP contribution in [0, 0.1) is 50.2 Å². The molecule has 0 radical (unpaired) electrons. The predicted molar refractivity (Wildman–Crippen MR) is 99.3 cm³/mol. The molecule has 2 saturated heterocycles. The average Bonchev–Trinajstić information content (AvgIpc) is 3.32. The number of aromatic nitrogens is 1. The van der Waals surface area contributed by atoms with Crippen molar-refractivity contribution in [2.24, 2.45) is 10.8 Å². The SMILES string of the molecule is COc1ccccc1C1C2(C)OC(=N)C1(C#N)C(C#N)(C#N)C(c1ccc[nH]1)O2. The third kappa shape index (κ3) is 2.05. The van der Waals surface area contributed by atoms with Crippen LogP contribution in [0.15, 0.2) is 42.6 Å². The lowest BCUT2D eigenvalue weighted by atomic mass is 9.52. The van der Waals surface area contributed by atoms with Gasteiger partial charge in [-0.05, 0) is 18.2 Å². The van der Waals surface area contributed by atoms with Gasteiger partial charge in [-0.15, -0.1) is 0 Å². The van der Waals surface area contributed by atoms with Crippen LogP contribution < -0.4 is 4.74 Å². The van der Waals surface area contributed by atoms with Gasteiger partial charge in [0.25, 0.3) is 0 Å². The van der Waals surface area contributed by atoms with Crippen LogP contribution in [0.5, 0.6) is 5.75 Å². The largest absolute Gasteiger partial charge is 0.496 e. The van der Waals surface area contributed by atoms with E-state index in [-0.39, 0.29) is 0 Å². The summed E-state index contributed by atoms with van der Waals surface area (Å²) in [5.41, 5.74) is -2.96. The van der Waals surface area contributed by atoms with Gasteiger partial charge in [0.05, 0.1) is 31.2 Å². The molecular formula is C21H17N5O3. The zero-order chi connectivity index (χ0) is 20.9. The van der Waals surface area contributed by atoms with Gasteiger partial charge in [0.15, 0.2) is 5.41 Å². The fourth-order valence-corrected chi connectivity index (χ4v) is 4.64. The minimum atomic E-state index is -2.04. The van der Waals surface area contributed by atoms with Gasteiger partial charge < -0.3 is 19.2 Å². The second-order valence-electron chi connectivity index (χ2n) is 7.20. The summed E-state index contributed by atoms with van der Waals surface area (Å²) in [7, 11) is 1.49. The number of ether oxygens (including phenoxy) is 3. The van der Waals surface area contributed by atoms with Crippen LogP contribution >= 0.6 is 0 Å². The molecule has 0 aliphatic carbocycles. The third-order valence-electron chi connectivity index (χ3n) is 5.87. The highest BCUT2D eigenvalue weighted by molar-refractivity contribution is 5.90. The normalized spacial score (nSPS) is 31.8. The van der Waals surface area contributed by atoms with Gasteiger partial charge in [-0.25, -0.2) is 0 Å². The minimum Gasteiger partial charge on any atom is -0.496 e. The van der Waals surface area contributed by atoms with Crippen molar-refractivity contribution in [1.29, 1.82) is 21.2 Å². The van der Waals surface area contributed by atoms with Crippen LogP contribution in [0.2, 0.25) is 0 Å². The number of para-hydroxylation sites is 1. The molecule has 0 amide bonds. The Labute approximate surface area is 167 Å². The Morgan fingerprint density at radius 1 is 1.10 bits per heavy atom. The standard InChI is InChI=1S/C21H17N5O3/c1-19-16(13-6-3-4-8-15(13)27-2)21(12-24,18(25)29-19)20(10-22,11-23)17(28-19)14-7-5-9-26-14/h3-9,16-17,25-26H,1-2H3. The zero-order valence-electron chi connectivity index (χ0n) is 15.8. The molecule has 8 heteroatoms. The summed E-state index contributed by atoms with van der Waals surface area (Å²) < 4.78 is 17.5. The smallest absolute Gasteiger partial charge is 0.219 e. The van der Waals surface area contributed by atoms with E-state index >= 15 is 0 Å². The van der Waals surface area contributed by atoms with Crippen LogP contribution in [0.4, 0.5) is 0 Å². The van der Waals surface area contributed by atoms with Crippen molar-refractivity contribution in [3.05, 3.63) is 53.9 Å².